The summed E-state index contributed by atoms with van der Waals surface area (Å²) in [6.45, 7) is -1.09. The molecule has 0 bridgehead atoms. The van der Waals surface area contributed by atoms with Crippen LogP contribution in [0, 0.1) is 6.92 Å². The normalized spacial score (nSPS) is 11.0. The molecule has 0 saturated carbocycles. The molecule has 31 heavy (non-hydrogen) atoms. The maximum absolute atomic E-state index is 12.6. The maximum atomic E-state index is 12.6. The van der Waals surface area contributed by atoms with E-state index in [4.69, 9.17) is 9.15 Å². The van der Waals surface area contributed by atoms with Gasteiger partial charge in [-0.1, -0.05) is 36.4 Å². The largest absolute Gasteiger partial charge is 0.486 e. The van der Waals surface area contributed by atoms with Crippen molar-refractivity contribution in [3.05, 3.63) is 89.9 Å². The molecule has 0 unspecified atom stereocenters. The standard InChI is InChI=1S/C24H19F2NO4/c1-15-6-10-21(31-24(25)26)20(12-15)27-23(28)22-11-9-19(30-22)14-29-18-8-7-16-4-2-3-5-17(16)13-18/h2-13,24H,14H2,1H3,(H,27,28). The Balaban J connectivity index is 1.42. The first-order valence-corrected chi connectivity index (χ1v) is 9.55. The van der Waals surface area contributed by atoms with Crippen LogP contribution in [0.1, 0.15) is 21.9 Å². The van der Waals surface area contributed by atoms with Crippen molar-refractivity contribution in [1.29, 1.82) is 0 Å². The number of aryl methyl sites for hydroxylation is 1. The molecule has 0 atom stereocenters. The number of halogens is 2. The summed E-state index contributed by atoms with van der Waals surface area (Å²) in [4.78, 5) is 12.5. The van der Waals surface area contributed by atoms with E-state index in [2.05, 4.69) is 10.1 Å². The predicted molar refractivity (Wildman–Crippen MR) is 113 cm³/mol. The minimum absolute atomic E-state index is 0.0293. The molecule has 158 valence electrons. The lowest BCUT2D eigenvalue weighted by molar-refractivity contribution is -0.0493. The lowest BCUT2D eigenvalue weighted by Gasteiger charge is -2.12. The molecule has 7 heteroatoms. The van der Waals surface area contributed by atoms with Gasteiger partial charge in [-0.3, -0.25) is 4.79 Å². The zero-order chi connectivity index (χ0) is 21.8. The minimum Gasteiger partial charge on any atom is -0.486 e. The van der Waals surface area contributed by atoms with E-state index < -0.39 is 12.5 Å². The van der Waals surface area contributed by atoms with Crippen molar-refractivity contribution >= 4 is 22.4 Å². The molecule has 0 aliphatic rings. The molecule has 1 amide bonds. The van der Waals surface area contributed by atoms with Crippen molar-refractivity contribution in [3.8, 4) is 11.5 Å². The number of carbonyl (C=O) groups is 1. The molecule has 0 fully saturated rings. The lowest BCUT2D eigenvalue weighted by atomic mass is 10.1. The second-order valence-corrected chi connectivity index (χ2v) is 6.90. The molecule has 0 spiro atoms. The molecular weight excluding hydrogens is 404 g/mol. The van der Waals surface area contributed by atoms with Crippen molar-refractivity contribution < 1.29 is 27.5 Å². The zero-order valence-corrected chi connectivity index (χ0v) is 16.6. The van der Waals surface area contributed by atoms with Gasteiger partial charge in [-0.25, -0.2) is 0 Å². The summed E-state index contributed by atoms with van der Waals surface area (Å²) >= 11 is 0. The monoisotopic (exact) mass is 423 g/mol. The SMILES string of the molecule is Cc1ccc(OC(F)F)c(NC(=O)c2ccc(COc3ccc4ccccc4c3)o2)c1. The topological polar surface area (TPSA) is 60.7 Å². The second kappa shape index (κ2) is 8.87. The first kappa shape index (κ1) is 20.4. The zero-order valence-electron chi connectivity index (χ0n) is 16.6. The third-order valence-corrected chi connectivity index (χ3v) is 4.59. The molecule has 4 rings (SSSR count). The molecule has 5 nitrogen and oxygen atoms in total. The molecule has 1 aromatic heterocycles. The van der Waals surface area contributed by atoms with Crippen LogP contribution in [0.3, 0.4) is 0 Å². The number of nitrogens with one attached hydrogen (secondary N) is 1. The van der Waals surface area contributed by atoms with Crippen molar-refractivity contribution in [2.24, 2.45) is 0 Å². The van der Waals surface area contributed by atoms with E-state index in [0.717, 1.165) is 16.3 Å². The van der Waals surface area contributed by atoms with Crippen LogP contribution in [0.25, 0.3) is 10.8 Å². The van der Waals surface area contributed by atoms with E-state index >= 15 is 0 Å². The highest BCUT2D eigenvalue weighted by atomic mass is 19.3. The van der Waals surface area contributed by atoms with Gasteiger partial charge < -0.3 is 19.2 Å². The number of hydrogen-bond acceptors (Lipinski definition) is 4. The lowest BCUT2D eigenvalue weighted by Crippen LogP contribution is -2.13. The Hall–Kier alpha value is -3.87. The van der Waals surface area contributed by atoms with Gasteiger partial charge in [0.05, 0.1) is 5.69 Å². The molecule has 0 aliphatic carbocycles. The van der Waals surface area contributed by atoms with E-state index in [9.17, 15) is 13.6 Å². The fourth-order valence-corrected chi connectivity index (χ4v) is 3.11. The van der Waals surface area contributed by atoms with Gasteiger partial charge >= 0.3 is 6.61 Å². The Morgan fingerprint density at radius 1 is 1.00 bits per heavy atom. The average molecular weight is 423 g/mol. The third kappa shape index (κ3) is 5.01. The number of ether oxygens (including phenoxy) is 2. The van der Waals surface area contributed by atoms with Gasteiger partial charge in [0.25, 0.3) is 5.91 Å². The minimum atomic E-state index is -3.00. The highest BCUT2D eigenvalue weighted by Crippen LogP contribution is 2.28. The summed E-state index contributed by atoms with van der Waals surface area (Å²) in [5, 5.41) is 4.71. The van der Waals surface area contributed by atoms with Gasteiger partial charge in [-0.15, -0.1) is 0 Å². The van der Waals surface area contributed by atoms with Crippen LogP contribution < -0.4 is 14.8 Å². The second-order valence-electron chi connectivity index (χ2n) is 6.90. The number of benzene rings is 3. The van der Waals surface area contributed by atoms with E-state index in [1.165, 1.54) is 12.1 Å². The van der Waals surface area contributed by atoms with Crippen LogP contribution in [-0.4, -0.2) is 12.5 Å². The van der Waals surface area contributed by atoms with Crippen LogP contribution in [-0.2, 0) is 6.61 Å². The van der Waals surface area contributed by atoms with Crippen LogP contribution in [0.4, 0.5) is 14.5 Å². The Bertz CT molecular complexity index is 1220. The van der Waals surface area contributed by atoms with Gasteiger partial charge in [-0.2, -0.15) is 8.78 Å². The van der Waals surface area contributed by atoms with Crippen LogP contribution in [0.2, 0.25) is 0 Å². The summed E-state index contributed by atoms with van der Waals surface area (Å²) < 4.78 is 41.0. The molecule has 1 N–H and O–H groups in total. The highest BCUT2D eigenvalue weighted by Gasteiger charge is 2.16. The van der Waals surface area contributed by atoms with Crippen LogP contribution in [0.15, 0.2) is 77.2 Å². The molecular formula is C24H19F2NO4. The van der Waals surface area contributed by atoms with Gasteiger partial charge in [0.15, 0.2) is 5.76 Å². The molecule has 0 aliphatic heterocycles. The number of rotatable bonds is 7. The fraction of sp³-hybridized carbons (Fsp3) is 0.125. The van der Waals surface area contributed by atoms with Crippen molar-refractivity contribution in [2.75, 3.05) is 5.32 Å². The number of carbonyl (C=O) groups excluding carboxylic acids is 1. The highest BCUT2D eigenvalue weighted by molar-refractivity contribution is 6.03. The van der Waals surface area contributed by atoms with Crippen molar-refractivity contribution in [2.45, 2.75) is 20.1 Å². The maximum Gasteiger partial charge on any atom is 0.387 e. The molecule has 0 saturated heterocycles. The van der Waals surface area contributed by atoms with Gasteiger partial charge in [-0.05, 0) is 59.7 Å². The van der Waals surface area contributed by atoms with Crippen molar-refractivity contribution in [3.63, 3.8) is 0 Å². The molecule has 4 aromatic rings. The Morgan fingerprint density at radius 3 is 2.61 bits per heavy atom. The van der Waals surface area contributed by atoms with E-state index in [1.54, 1.807) is 25.1 Å². The Morgan fingerprint density at radius 2 is 1.81 bits per heavy atom. The van der Waals surface area contributed by atoms with Crippen LogP contribution >= 0.6 is 0 Å². The number of alkyl halides is 2. The average Bonchev–Trinajstić information content (AvgIpc) is 3.23. The summed E-state index contributed by atoms with van der Waals surface area (Å²) in [5.41, 5.74) is 0.913. The summed E-state index contributed by atoms with van der Waals surface area (Å²) in [6.07, 6.45) is 0. The van der Waals surface area contributed by atoms with E-state index in [0.29, 0.717) is 11.5 Å². The molecule has 1 heterocycles. The van der Waals surface area contributed by atoms with Gasteiger partial charge in [0, 0.05) is 0 Å². The van der Waals surface area contributed by atoms with E-state index in [1.807, 2.05) is 42.5 Å². The quantitative estimate of drug-likeness (QED) is 0.386. The molecule has 0 radical (unpaired) electrons. The van der Waals surface area contributed by atoms with Crippen LogP contribution in [0.5, 0.6) is 11.5 Å². The number of furan rings is 1. The number of anilines is 1. The third-order valence-electron chi connectivity index (χ3n) is 4.59. The Labute approximate surface area is 177 Å². The smallest absolute Gasteiger partial charge is 0.387 e. The number of hydrogen-bond donors (Lipinski definition) is 1. The van der Waals surface area contributed by atoms with Gasteiger partial charge in [0.2, 0.25) is 0 Å². The summed E-state index contributed by atoms with van der Waals surface area (Å²) in [5.74, 6) is 0.449. The number of fused-ring (bicyclic) bond motifs is 1. The van der Waals surface area contributed by atoms with Gasteiger partial charge in [0.1, 0.15) is 23.9 Å². The first-order chi connectivity index (χ1) is 15.0. The fourth-order valence-electron chi connectivity index (χ4n) is 3.11. The predicted octanol–water partition coefficient (Wildman–Crippen LogP) is 6.17. The summed E-state index contributed by atoms with van der Waals surface area (Å²) in [7, 11) is 0. The first-order valence-electron chi connectivity index (χ1n) is 9.55. The summed E-state index contributed by atoms with van der Waals surface area (Å²) in [6, 6.07) is 21.3. The molecule has 3 aromatic carbocycles. The van der Waals surface area contributed by atoms with Crippen molar-refractivity contribution in [1.82, 2.24) is 0 Å². The Kier molecular flexibility index (Phi) is 5.84. The number of amides is 1. The van der Waals surface area contributed by atoms with E-state index in [-0.39, 0.29) is 23.8 Å².